The van der Waals surface area contributed by atoms with Gasteiger partial charge in [-0.1, -0.05) is 5.16 Å². The lowest BCUT2D eigenvalue weighted by molar-refractivity contribution is 0.431. The van der Waals surface area contributed by atoms with Crippen LogP contribution in [-0.4, -0.2) is 30.1 Å². The second-order valence-corrected chi connectivity index (χ2v) is 4.18. The summed E-state index contributed by atoms with van der Waals surface area (Å²) in [7, 11) is 0. The Morgan fingerprint density at radius 1 is 1.00 bits per heavy atom. The maximum atomic E-state index is 5.57. The highest BCUT2D eigenvalue weighted by Gasteiger charge is 2.14. The molecular formula is C12H11N7O. The molecule has 8 heteroatoms. The van der Waals surface area contributed by atoms with Crippen molar-refractivity contribution >= 4 is 5.95 Å². The molecule has 0 saturated carbocycles. The number of anilines is 1. The molecule has 0 unspecified atom stereocenters. The van der Waals surface area contributed by atoms with Crippen LogP contribution in [0.5, 0.6) is 0 Å². The quantitative estimate of drug-likeness (QED) is 0.737. The third kappa shape index (κ3) is 2.30. The fourth-order valence-electron chi connectivity index (χ4n) is 1.63. The number of aromatic nitrogens is 6. The van der Waals surface area contributed by atoms with Gasteiger partial charge in [-0.05, 0) is 26.0 Å². The Balaban J connectivity index is 1.99. The molecule has 100 valence electrons. The van der Waals surface area contributed by atoms with Gasteiger partial charge in [0.15, 0.2) is 0 Å². The van der Waals surface area contributed by atoms with E-state index >= 15 is 0 Å². The molecule has 0 atom stereocenters. The first-order chi connectivity index (χ1) is 9.61. The van der Waals surface area contributed by atoms with Crippen molar-refractivity contribution in [1.82, 2.24) is 30.1 Å². The molecule has 0 fully saturated rings. The molecule has 0 aliphatic heterocycles. The summed E-state index contributed by atoms with van der Waals surface area (Å²) >= 11 is 0. The number of rotatable bonds is 2. The topological polar surface area (TPSA) is 116 Å². The molecule has 2 N–H and O–H groups in total. The highest BCUT2D eigenvalue weighted by atomic mass is 16.5. The maximum absolute atomic E-state index is 5.57. The van der Waals surface area contributed by atoms with Crippen LogP contribution in [0.3, 0.4) is 0 Å². The summed E-state index contributed by atoms with van der Waals surface area (Å²) in [5, 5.41) is 3.85. The molecule has 0 radical (unpaired) electrons. The fraction of sp³-hybridized carbons (Fsp3) is 0.167. The molecule has 0 saturated heterocycles. The number of nitrogens with two attached hydrogens (primary N) is 1. The SMILES string of the molecule is Cc1ccc(-c2nc(-c3nc(C)nc(N)n3)no2)cn1. The van der Waals surface area contributed by atoms with E-state index in [0.29, 0.717) is 11.7 Å². The molecule has 0 aliphatic rings. The highest BCUT2D eigenvalue weighted by molar-refractivity contribution is 5.55. The van der Waals surface area contributed by atoms with Gasteiger partial charge in [0.1, 0.15) is 5.82 Å². The third-order valence-corrected chi connectivity index (χ3v) is 2.55. The molecule has 3 aromatic rings. The largest absolute Gasteiger partial charge is 0.368 e. The van der Waals surface area contributed by atoms with Gasteiger partial charge in [-0.3, -0.25) is 4.98 Å². The van der Waals surface area contributed by atoms with E-state index in [1.54, 1.807) is 13.1 Å². The van der Waals surface area contributed by atoms with Gasteiger partial charge in [0.05, 0.1) is 5.56 Å². The first-order valence-electron chi connectivity index (χ1n) is 5.87. The van der Waals surface area contributed by atoms with Crippen molar-refractivity contribution in [3.8, 4) is 23.1 Å². The van der Waals surface area contributed by atoms with E-state index in [0.717, 1.165) is 11.3 Å². The second kappa shape index (κ2) is 4.65. The number of hydrogen-bond acceptors (Lipinski definition) is 8. The molecule has 20 heavy (non-hydrogen) atoms. The van der Waals surface area contributed by atoms with Crippen molar-refractivity contribution in [2.24, 2.45) is 0 Å². The van der Waals surface area contributed by atoms with Crippen LogP contribution in [0.2, 0.25) is 0 Å². The molecule has 3 heterocycles. The lowest BCUT2D eigenvalue weighted by atomic mass is 10.2. The Kier molecular flexibility index (Phi) is 2.82. The first kappa shape index (κ1) is 12.2. The van der Waals surface area contributed by atoms with Crippen LogP contribution < -0.4 is 5.73 Å². The van der Waals surface area contributed by atoms with Crippen molar-refractivity contribution in [2.75, 3.05) is 5.73 Å². The zero-order chi connectivity index (χ0) is 14.1. The van der Waals surface area contributed by atoms with Crippen molar-refractivity contribution in [3.63, 3.8) is 0 Å². The van der Waals surface area contributed by atoms with Crippen molar-refractivity contribution in [2.45, 2.75) is 13.8 Å². The van der Waals surface area contributed by atoms with Crippen LogP contribution in [0.15, 0.2) is 22.9 Å². The average Bonchev–Trinajstić information content (AvgIpc) is 2.88. The average molecular weight is 269 g/mol. The lowest BCUT2D eigenvalue weighted by Crippen LogP contribution is -2.02. The minimum Gasteiger partial charge on any atom is -0.368 e. The standard InChI is InChI=1S/C12H11N7O/c1-6-3-4-8(5-14-6)11-17-10(19-20-11)9-15-7(2)16-12(13)18-9/h3-5H,1-2H3,(H2,13,15,16,18). The molecule has 8 nitrogen and oxygen atoms in total. The minimum absolute atomic E-state index is 0.121. The van der Waals surface area contributed by atoms with E-state index < -0.39 is 0 Å². The van der Waals surface area contributed by atoms with Gasteiger partial charge >= 0.3 is 0 Å². The summed E-state index contributed by atoms with van der Waals surface area (Å²) in [6.45, 7) is 3.62. The van der Waals surface area contributed by atoms with Gasteiger partial charge in [0.2, 0.25) is 17.6 Å². The zero-order valence-corrected chi connectivity index (χ0v) is 10.9. The van der Waals surface area contributed by atoms with Crippen molar-refractivity contribution < 1.29 is 4.52 Å². The Morgan fingerprint density at radius 2 is 1.85 bits per heavy atom. The molecule has 3 aromatic heterocycles. The van der Waals surface area contributed by atoms with Crippen LogP contribution in [0.4, 0.5) is 5.95 Å². The van der Waals surface area contributed by atoms with E-state index in [4.69, 9.17) is 10.3 Å². The summed E-state index contributed by atoms with van der Waals surface area (Å²) in [4.78, 5) is 20.4. The molecule has 0 aliphatic carbocycles. The van der Waals surface area contributed by atoms with E-state index in [2.05, 4.69) is 30.1 Å². The molecule has 0 aromatic carbocycles. The number of pyridine rings is 1. The smallest absolute Gasteiger partial charge is 0.259 e. The van der Waals surface area contributed by atoms with Gasteiger partial charge < -0.3 is 10.3 Å². The number of nitrogen functional groups attached to an aromatic ring is 1. The van der Waals surface area contributed by atoms with E-state index in [-0.39, 0.29) is 17.6 Å². The van der Waals surface area contributed by atoms with Crippen molar-refractivity contribution in [1.29, 1.82) is 0 Å². The van der Waals surface area contributed by atoms with Crippen LogP contribution in [0, 0.1) is 13.8 Å². The van der Waals surface area contributed by atoms with E-state index in [1.807, 2.05) is 19.1 Å². The summed E-state index contributed by atoms with van der Waals surface area (Å²) in [6, 6.07) is 3.72. The Labute approximate surface area is 114 Å². The number of hydrogen-bond donors (Lipinski definition) is 1. The maximum Gasteiger partial charge on any atom is 0.259 e. The van der Waals surface area contributed by atoms with Gasteiger partial charge in [-0.25, -0.2) is 4.98 Å². The molecular weight excluding hydrogens is 258 g/mol. The fourth-order valence-corrected chi connectivity index (χ4v) is 1.63. The van der Waals surface area contributed by atoms with Crippen LogP contribution >= 0.6 is 0 Å². The van der Waals surface area contributed by atoms with E-state index in [1.165, 1.54) is 0 Å². The van der Waals surface area contributed by atoms with E-state index in [9.17, 15) is 0 Å². The summed E-state index contributed by atoms with van der Waals surface area (Å²) in [5.74, 6) is 1.51. The molecule has 0 spiro atoms. The van der Waals surface area contributed by atoms with Crippen LogP contribution in [0.25, 0.3) is 23.1 Å². The predicted octanol–water partition coefficient (Wildman–Crippen LogP) is 1.18. The van der Waals surface area contributed by atoms with Crippen LogP contribution in [-0.2, 0) is 0 Å². The minimum atomic E-state index is 0.121. The van der Waals surface area contributed by atoms with Gasteiger partial charge in [0, 0.05) is 11.9 Å². The van der Waals surface area contributed by atoms with Gasteiger partial charge in [0.25, 0.3) is 5.89 Å². The number of aryl methyl sites for hydroxylation is 2. The first-order valence-corrected chi connectivity index (χ1v) is 5.87. The Bertz CT molecular complexity index is 731. The van der Waals surface area contributed by atoms with Crippen molar-refractivity contribution in [3.05, 3.63) is 29.8 Å². The summed E-state index contributed by atoms with van der Waals surface area (Å²) < 4.78 is 5.18. The third-order valence-electron chi connectivity index (χ3n) is 2.55. The molecule has 3 rings (SSSR count). The number of nitrogens with zero attached hydrogens (tertiary/aromatic N) is 6. The van der Waals surface area contributed by atoms with Gasteiger partial charge in [-0.2, -0.15) is 15.0 Å². The van der Waals surface area contributed by atoms with Gasteiger partial charge in [-0.15, -0.1) is 0 Å². The summed E-state index contributed by atoms with van der Waals surface area (Å²) in [6.07, 6.45) is 1.67. The molecule has 0 bridgehead atoms. The summed E-state index contributed by atoms with van der Waals surface area (Å²) in [5.41, 5.74) is 7.21. The second-order valence-electron chi connectivity index (χ2n) is 4.18. The molecule has 0 amide bonds. The predicted molar refractivity (Wildman–Crippen MR) is 70.2 cm³/mol. The zero-order valence-electron chi connectivity index (χ0n) is 10.9. The normalized spacial score (nSPS) is 10.7. The monoisotopic (exact) mass is 269 g/mol. The lowest BCUT2D eigenvalue weighted by Gasteiger charge is -1.96. The Hall–Kier alpha value is -2.90. The Morgan fingerprint density at radius 3 is 2.55 bits per heavy atom. The highest BCUT2D eigenvalue weighted by Crippen LogP contribution is 2.19. The van der Waals surface area contributed by atoms with Crippen LogP contribution in [0.1, 0.15) is 11.5 Å².